The number of alkyl halides is 3. The maximum atomic E-state index is 12.6. The summed E-state index contributed by atoms with van der Waals surface area (Å²) in [5.74, 6) is 0.474. The van der Waals surface area contributed by atoms with E-state index in [4.69, 9.17) is 4.74 Å². The molecule has 0 unspecified atom stereocenters. The quantitative estimate of drug-likeness (QED) is 0.866. The summed E-state index contributed by atoms with van der Waals surface area (Å²) in [4.78, 5) is 11.9. The normalized spacial score (nSPS) is 11.2. The van der Waals surface area contributed by atoms with Crippen molar-refractivity contribution in [3.8, 4) is 5.75 Å². The molecule has 24 heavy (non-hydrogen) atoms. The molecule has 0 saturated carbocycles. The van der Waals surface area contributed by atoms with Crippen LogP contribution in [0.4, 0.5) is 13.2 Å². The third-order valence-corrected chi connectivity index (χ3v) is 3.34. The highest BCUT2D eigenvalue weighted by atomic mass is 19.4. The van der Waals surface area contributed by atoms with Crippen molar-refractivity contribution in [2.75, 3.05) is 6.61 Å². The molecular formula is C18H18F3NO2. The fourth-order valence-corrected chi connectivity index (χ4v) is 2.18. The molecule has 0 aromatic heterocycles. The number of carbonyl (C=O) groups is 1. The van der Waals surface area contributed by atoms with E-state index in [-0.39, 0.29) is 18.9 Å². The van der Waals surface area contributed by atoms with Crippen molar-refractivity contribution >= 4 is 5.91 Å². The molecule has 0 saturated heterocycles. The van der Waals surface area contributed by atoms with Crippen LogP contribution in [0, 0.1) is 0 Å². The number of carbonyl (C=O) groups excluding carboxylic acids is 1. The molecule has 6 heteroatoms. The average Bonchev–Trinajstić information content (AvgIpc) is 2.55. The van der Waals surface area contributed by atoms with E-state index < -0.39 is 11.7 Å². The standard InChI is InChI=1S/C18H18F3NO2/c1-2-24-16-8-6-13(7-9-16)11-17(23)22-12-14-4-3-5-15(10-14)18(19,20)21/h3-10H,2,11-12H2,1H3,(H,22,23). The Bertz CT molecular complexity index is 681. The van der Waals surface area contributed by atoms with Gasteiger partial charge in [-0.05, 0) is 42.3 Å². The third-order valence-electron chi connectivity index (χ3n) is 3.34. The first kappa shape index (κ1) is 17.8. The fraction of sp³-hybridized carbons (Fsp3) is 0.278. The van der Waals surface area contributed by atoms with Gasteiger partial charge in [-0.1, -0.05) is 24.3 Å². The molecule has 1 amide bonds. The maximum absolute atomic E-state index is 12.6. The molecule has 0 aliphatic heterocycles. The molecule has 3 nitrogen and oxygen atoms in total. The predicted octanol–water partition coefficient (Wildman–Crippen LogP) is 3.96. The molecule has 1 N–H and O–H groups in total. The number of hydrogen-bond acceptors (Lipinski definition) is 2. The summed E-state index contributed by atoms with van der Waals surface area (Å²) < 4.78 is 43.2. The van der Waals surface area contributed by atoms with Crippen LogP contribution in [0.2, 0.25) is 0 Å². The van der Waals surface area contributed by atoms with Gasteiger partial charge in [-0.2, -0.15) is 13.2 Å². The Morgan fingerprint density at radius 3 is 2.42 bits per heavy atom. The van der Waals surface area contributed by atoms with Gasteiger partial charge in [-0.15, -0.1) is 0 Å². The molecule has 2 aromatic rings. The van der Waals surface area contributed by atoms with Gasteiger partial charge in [0, 0.05) is 6.54 Å². The van der Waals surface area contributed by atoms with Crippen molar-refractivity contribution < 1.29 is 22.7 Å². The van der Waals surface area contributed by atoms with Gasteiger partial charge in [-0.25, -0.2) is 0 Å². The van der Waals surface area contributed by atoms with Crippen molar-refractivity contribution in [3.63, 3.8) is 0 Å². The molecule has 128 valence electrons. The minimum absolute atomic E-state index is 0.0553. The van der Waals surface area contributed by atoms with Crippen molar-refractivity contribution in [3.05, 3.63) is 65.2 Å². The summed E-state index contributed by atoms with van der Waals surface area (Å²) in [7, 11) is 0. The first-order valence-electron chi connectivity index (χ1n) is 7.53. The van der Waals surface area contributed by atoms with Gasteiger partial charge in [0.2, 0.25) is 5.91 Å². The second-order valence-corrected chi connectivity index (χ2v) is 5.23. The molecule has 2 rings (SSSR count). The van der Waals surface area contributed by atoms with E-state index in [2.05, 4.69) is 5.32 Å². The maximum Gasteiger partial charge on any atom is 0.416 e. The van der Waals surface area contributed by atoms with Crippen LogP contribution in [-0.2, 0) is 23.9 Å². The Hall–Kier alpha value is -2.50. The van der Waals surface area contributed by atoms with E-state index in [0.29, 0.717) is 12.2 Å². The molecular weight excluding hydrogens is 319 g/mol. The van der Waals surface area contributed by atoms with Crippen molar-refractivity contribution in [2.45, 2.75) is 26.1 Å². The van der Waals surface area contributed by atoms with Crippen molar-refractivity contribution in [2.24, 2.45) is 0 Å². The minimum Gasteiger partial charge on any atom is -0.494 e. The summed E-state index contributed by atoms with van der Waals surface area (Å²) in [6, 6.07) is 12.0. The highest BCUT2D eigenvalue weighted by Gasteiger charge is 2.30. The van der Waals surface area contributed by atoms with Crippen LogP contribution in [0.3, 0.4) is 0 Å². The fourth-order valence-electron chi connectivity index (χ4n) is 2.18. The number of rotatable bonds is 6. The Kier molecular flexibility index (Phi) is 5.84. The van der Waals surface area contributed by atoms with Crippen LogP contribution < -0.4 is 10.1 Å². The lowest BCUT2D eigenvalue weighted by molar-refractivity contribution is -0.137. The SMILES string of the molecule is CCOc1ccc(CC(=O)NCc2cccc(C(F)(F)F)c2)cc1. The predicted molar refractivity (Wildman–Crippen MR) is 84.6 cm³/mol. The molecule has 0 atom stereocenters. The van der Waals surface area contributed by atoms with Crippen LogP contribution in [0.1, 0.15) is 23.6 Å². The minimum atomic E-state index is -4.39. The van der Waals surface area contributed by atoms with Gasteiger partial charge >= 0.3 is 6.18 Å². The Morgan fingerprint density at radius 1 is 1.08 bits per heavy atom. The summed E-state index contributed by atoms with van der Waals surface area (Å²) in [6.45, 7) is 2.51. The zero-order chi connectivity index (χ0) is 17.6. The van der Waals surface area contributed by atoms with Crippen molar-refractivity contribution in [1.82, 2.24) is 5.32 Å². The first-order chi connectivity index (χ1) is 11.4. The molecule has 0 bridgehead atoms. The first-order valence-corrected chi connectivity index (χ1v) is 7.53. The van der Waals surface area contributed by atoms with Crippen LogP contribution in [0.15, 0.2) is 48.5 Å². The molecule has 0 aliphatic carbocycles. The molecule has 0 spiro atoms. The molecule has 0 heterocycles. The lowest BCUT2D eigenvalue weighted by atomic mass is 10.1. The van der Waals surface area contributed by atoms with Gasteiger partial charge < -0.3 is 10.1 Å². The molecule has 2 aromatic carbocycles. The summed E-state index contributed by atoms with van der Waals surface area (Å²) in [5.41, 5.74) is 0.491. The summed E-state index contributed by atoms with van der Waals surface area (Å²) in [5, 5.41) is 2.63. The Balaban J connectivity index is 1.89. The van der Waals surface area contributed by atoms with Crippen molar-refractivity contribution in [1.29, 1.82) is 0 Å². The average molecular weight is 337 g/mol. The van der Waals surface area contributed by atoms with Crippen LogP contribution in [0.5, 0.6) is 5.75 Å². The summed E-state index contributed by atoms with van der Waals surface area (Å²) in [6.07, 6.45) is -4.23. The molecule has 0 aliphatic rings. The number of hydrogen-bond donors (Lipinski definition) is 1. The van der Waals surface area contributed by atoms with E-state index in [1.165, 1.54) is 6.07 Å². The van der Waals surface area contributed by atoms with E-state index in [1.807, 2.05) is 6.92 Å². The number of nitrogens with one attached hydrogen (secondary N) is 1. The number of halogens is 3. The lowest BCUT2D eigenvalue weighted by Crippen LogP contribution is -2.24. The van der Waals surface area contributed by atoms with Crippen LogP contribution in [0.25, 0.3) is 0 Å². The van der Waals surface area contributed by atoms with Gasteiger partial charge in [0.05, 0.1) is 18.6 Å². The van der Waals surface area contributed by atoms with Gasteiger partial charge in [-0.3, -0.25) is 4.79 Å². The van der Waals surface area contributed by atoms with E-state index >= 15 is 0 Å². The Labute approximate surface area is 138 Å². The van der Waals surface area contributed by atoms with Crippen LogP contribution >= 0.6 is 0 Å². The third kappa shape index (κ3) is 5.30. The second-order valence-electron chi connectivity index (χ2n) is 5.23. The smallest absolute Gasteiger partial charge is 0.416 e. The zero-order valence-corrected chi connectivity index (χ0v) is 13.2. The van der Waals surface area contributed by atoms with Gasteiger partial charge in [0.15, 0.2) is 0 Å². The van der Waals surface area contributed by atoms with E-state index in [9.17, 15) is 18.0 Å². The zero-order valence-electron chi connectivity index (χ0n) is 13.2. The Morgan fingerprint density at radius 2 is 1.79 bits per heavy atom. The lowest BCUT2D eigenvalue weighted by Gasteiger charge is -2.10. The highest BCUT2D eigenvalue weighted by molar-refractivity contribution is 5.78. The summed E-state index contributed by atoms with van der Waals surface area (Å²) >= 11 is 0. The largest absolute Gasteiger partial charge is 0.494 e. The monoisotopic (exact) mass is 337 g/mol. The van der Waals surface area contributed by atoms with E-state index in [0.717, 1.165) is 23.4 Å². The van der Waals surface area contributed by atoms with E-state index in [1.54, 1.807) is 30.3 Å². The van der Waals surface area contributed by atoms with Gasteiger partial charge in [0.1, 0.15) is 5.75 Å². The molecule has 0 radical (unpaired) electrons. The highest BCUT2D eigenvalue weighted by Crippen LogP contribution is 2.29. The number of amides is 1. The number of ether oxygens (including phenoxy) is 1. The number of benzene rings is 2. The molecule has 0 fully saturated rings. The second kappa shape index (κ2) is 7.86. The van der Waals surface area contributed by atoms with Crippen LogP contribution in [-0.4, -0.2) is 12.5 Å². The van der Waals surface area contributed by atoms with Gasteiger partial charge in [0.25, 0.3) is 0 Å². The topological polar surface area (TPSA) is 38.3 Å².